The molecule has 1 aliphatic heterocycles. The van der Waals surface area contributed by atoms with E-state index in [1.165, 1.54) is 12.4 Å². The van der Waals surface area contributed by atoms with Crippen LogP contribution in [0.3, 0.4) is 0 Å². The molecule has 96 valence electrons. The molecule has 1 fully saturated rings. The van der Waals surface area contributed by atoms with E-state index in [1.54, 1.807) is 6.08 Å². The Morgan fingerprint density at radius 3 is 2.72 bits per heavy atom. The van der Waals surface area contributed by atoms with Gasteiger partial charge in [-0.15, -0.1) is 6.58 Å². The minimum absolute atomic E-state index is 0.191. The maximum Gasteiger partial charge on any atom is 0.254 e. The van der Waals surface area contributed by atoms with Gasteiger partial charge in [0.15, 0.2) is 0 Å². The van der Waals surface area contributed by atoms with Crippen molar-refractivity contribution in [3.05, 3.63) is 30.6 Å². The lowest BCUT2D eigenvalue weighted by atomic mass is 10.3. The summed E-state index contributed by atoms with van der Waals surface area (Å²) in [6, 6.07) is 0. The normalized spacial score (nSPS) is 15.2. The first-order chi connectivity index (χ1) is 8.81. The quantitative estimate of drug-likeness (QED) is 0.773. The number of ether oxygens (including phenoxy) is 1. The second-order valence-corrected chi connectivity index (χ2v) is 3.87. The van der Waals surface area contributed by atoms with Crippen LogP contribution >= 0.6 is 0 Å². The Hall–Kier alpha value is -1.95. The Morgan fingerprint density at radius 1 is 1.44 bits per heavy atom. The topological polar surface area (TPSA) is 67.4 Å². The molecule has 0 aliphatic carbocycles. The smallest absolute Gasteiger partial charge is 0.254 e. The Bertz CT molecular complexity index is 413. The molecule has 1 aromatic heterocycles. The van der Waals surface area contributed by atoms with E-state index >= 15 is 0 Å². The molecule has 1 aliphatic rings. The zero-order chi connectivity index (χ0) is 12.8. The van der Waals surface area contributed by atoms with Crippen LogP contribution in [0.5, 0.6) is 0 Å². The Labute approximate surface area is 106 Å². The number of rotatable bonds is 4. The van der Waals surface area contributed by atoms with Crippen LogP contribution in [0.1, 0.15) is 10.4 Å². The third-order valence-corrected chi connectivity index (χ3v) is 2.60. The Morgan fingerprint density at radius 2 is 2.11 bits per heavy atom. The minimum atomic E-state index is -0.191. The van der Waals surface area contributed by atoms with Crippen LogP contribution in [-0.4, -0.2) is 48.7 Å². The highest BCUT2D eigenvalue weighted by Crippen LogP contribution is 2.09. The molecular weight excluding hydrogens is 232 g/mol. The number of hydrogen-bond acceptors (Lipinski definition) is 5. The molecular formula is C12H16N4O2. The van der Waals surface area contributed by atoms with Crippen molar-refractivity contribution in [2.45, 2.75) is 0 Å². The van der Waals surface area contributed by atoms with Crippen LogP contribution in [0.25, 0.3) is 0 Å². The number of nitrogens with one attached hydrogen (secondary N) is 1. The van der Waals surface area contributed by atoms with Gasteiger partial charge in [0, 0.05) is 32.0 Å². The number of nitrogens with zero attached hydrogens (tertiary/aromatic N) is 3. The second-order valence-electron chi connectivity index (χ2n) is 3.87. The predicted molar refractivity (Wildman–Crippen MR) is 67.6 cm³/mol. The molecule has 6 heteroatoms. The predicted octanol–water partition coefficient (Wildman–Crippen LogP) is 0.229. The van der Waals surface area contributed by atoms with Gasteiger partial charge in [-0.2, -0.15) is 0 Å². The molecule has 18 heavy (non-hydrogen) atoms. The summed E-state index contributed by atoms with van der Waals surface area (Å²) in [5.41, 5.74) is 0.453. The summed E-state index contributed by atoms with van der Waals surface area (Å²) in [6.45, 7) is 6.90. The van der Waals surface area contributed by atoms with Gasteiger partial charge in [-0.25, -0.2) is 9.97 Å². The van der Waals surface area contributed by atoms with Gasteiger partial charge < -0.3 is 15.0 Å². The van der Waals surface area contributed by atoms with Gasteiger partial charge in [0.05, 0.1) is 18.8 Å². The number of amides is 1. The van der Waals surface area contributed by atoms with E-state index in [1.807, 2.05) is 4.90 Å². The molecule has 1 N–H and O–H groups in total. The van der Waals surface area contributed by atoms with Crippen LogP contribution in [0.2, 0.25) is 0 Å². The van der Waals surface area contributed by atoms with E-state index in [0.717, 1.165) is 13.1 Å². The molecule has 1 saturated heterocycles. The van der Waals surface area contributed by atoms with Gasteiger partial charge in [-0.1, -0.05) is 6.08 Å². The van der Waals surface area contributed by atoms with Gasteiger partial charge in [0.1, 0.15) is 0 Å². The van der Waals surface area contributed by atoms with Gasteiger partial charge in [-0.3, -0.25) is 4.79 Å². The number of hydrogen-bond donors (Lipinski definition) is 1. The first-order valence-corrected chi connectivity index (χ1v) is 5.85. The minimum Gasteiger partial charge on any atom is -0.378 e. The fourth-order valence-electron chi connectivity index (χ4n) is 1.63. The van der Waals surface area contributed by atoms with E-state index in [9.17, 15) is 4.79 Å². The van der Waals surface area contributed by atoms with Crippen molar-refractivity contribution < 1.29 is 9.53 Å². The molecule has 2 rings (SSSR count). The molecule has 0 saturated carbocycles. The van der Waals surface area contributed by atoms with Crippen LogP contribution in [0.15, 0.2) is 25.0 Å². The fourth-order valence-corrected chi connectivity index (χ4v) is 1.63. The standard InChI is InChI=1S/C12H16N4O2/c1-2-3-13-11(17)10-8-14-12(15-9-10)16-4-6-18-7-5-16/h2,8-9H,1,3-7H2,(H,13,17). The average Bonchev–Trinajstić information content (AvgIpc) is 2.46. The summed E-state index contributed by atoms with van der Waals surface area (Å²) >= 11 is 0. The highest BCUT2D eigenvalue weighted by molar-refractivity contribution is 5.93. The summed E-state index contributed by atoms with van der Waals surface area (Å²) in [6.07, 6.45) is 4.70. The molecule has 6 nitrogen and oxygen atoms in total. The maximum absolute atomic E-state index is 11.6. The largest absolute Gasteiger partial charge is 0.378 e. The average molecular weight is 248 g/mol. The third kappa shape index (κ3) is 3.04. The van der Waals surface area contributed by atoms with E-state index < -0.39 is 0 Å². The lowest BCUT2D eigenvalue weighted by Crippen LogP contribution is -2.37. The van der Waals surface area contributed by atoms with Gasteiger partial charge in [-0.05, 0) is 0 Å². The Kier molecular flexibility index (Phi) is 4.25. The van der Waals surface area contributed by atoms with Crippen LogP contribution in [0, 0.1) is 0 Å². The van der Waals surface area contributed by atoms with E-state index in [4.69, 9.17) is 4.74 Å². The molecule has 0 unspecified atom stereocenters. The number of anilines is 1. The van der Waals surface area contributed by atoms with Gasteiger partial charge >= 0.3 is 0 Å². The number of aromatic nitrogens is 2. The number of carbonyl (C=O) groups is 1. The van der Waals surface area contributed by atoms with Crippen molar-refractivity contribution in [2.24, 2.45) is 0 Å². The lowest BCUT2D eigenvalue weighted by molar-refractivity contribution is 0.0957. The molecule has 0 radical (unpaired) electrons. The van der Waals surface area contributed by atoms with Crippen LogP contribution in [-0.2, 0) is 4.74 Å². The monoisotopic (exact) mass is 248 g/mol. The van der Waals surface area contributed by atoms with Crippen molar-refractivity contribution in [1.29, 1.82) is 0 Å². The molecule has 0 aromatic carbocycles. The second kappa shape index (κ2) is 6.11. The first-order valence-electron chi connectivity index (χ1n) is 5.85. The number of carbonyl (C=O) groups excluding carboxylic acids is 1. The molecule has 2 heterocycles. The van der Waals surface area contributed by atoms with E-state index in [-0.39, 0.29) is 5.91 Å². The molecule has 0 spiro atoms. The molecule has 0 bridgehead atoms. The van der Waals surface area contributed by atoms with Gasteiger partial charge in [0.25, 0.3) is 5.91 Å². The summed E-state index contributed by atoms with van der Waals surface area (Å²) in [5.74, 6) is 0.446. The fraction of sp³-hybridized carbons (Fsp3) is 0.417. The molecule has 1 amide bonds. The number of morpholine rings is 1. The van der Waals surface area contributed by atoms with Crippen molar-refractivity contribution in [2.75, 3.05) is 37.7 Å². The first kappa shape index (κ1) is 12.5. The highest BCUT2D eigenvalue weighted by atomic mass is 16.5. The zero-order valence-corrected chi connectivity index (χ0v) is 10.1. The summed E-state index contributed by atoms with van der Waals surface area (Å²) < 4.78 is 5.26. The van der Waals surface area contributed by atoms with Crippen LogP contribution in [0.4, 0.5) is 5.95 Å². The van der Waals surface area contributed by atoms with Crippen molar-refractivity contribution in [3.63, 3.8) is 0 Å². The van der Waals surface area contributed by atoms with E-state index in [2.05, 4.69) is 21.9 Å². The van der Waals surface area contributed by atoms with Crippen molar-refractivity contribution in [1.82, 2.24) is 15.3 Å². The van der Waals surface area contributed by atoms with Crippen molar-refractivity contribution in [3.8, 4) is 0 Å². The third-order valence-electron chi connectivity index (χ3n) is 2.60. The maximum atomic E-state index is 11.6. The summed E-state index contributed by atoms with van der Waals surface area (Å²) in [4.78, 5) is 22.1. The van der Waals surface area contributed by atoms with E-state index in [0.29, 0.717) is 31.3 Å². The molecule has 0 atom stereocenters. The Balaban J connectivity index is 2.00. The summed E-state index contributed by atoms with van der Waals surface area (Å²) in [5, 5.41) is 2.68. The van der Waals surface area contributed by atoms with Gasteiger partial charge in [0.2, 0.25) is 5.95 Å². The van der Waals surface area contributed by atoms with Crippen LogP contribution < -0.4 is 10.2 Å². The summed E-state index contributed by atoms with van der Waals surface area (Å²) in [7, 11) is 0. The van der Waals surface area contributed by atoms with Crippen molar-refractivity contribution >= 4 is 11.9 Å². The lowest BCUT2D eigenvalue weighted by Gasteiger charge is -2.26. The SMILES string of the molecule is C=CCNC(=O)c1cnc(N2CCOCC2)nc1. The highest BCUT2D eigenvalue weighted by Gasteiger charge is 2.14. The zero-order valence-electron chi connectivity index (χ0n) is 10.1. The molecule has 1 aromatic rings.